The molecule has 4 nitrogen and oxygen atoms in total. The van der Waals surface area contributed by atoms with E-state index in [1.54, 1.807) is 11.3 Å². The van der Waals surface area contributed by atoms with Crippen molar-refractivity contribution in [2.75, 3.05) is 5.43 Å². The fraction of sp³-hybridized carbons (Fsp3) is 0.100. The molecule has 0 spiro atoms. The molecule has 0 bridgehead atoms. The molecule has 2 N–H and O–H groups in total. The van der Waals surface area contributed by atoms with Crippen molar-refractivity contribution in [1.82, 2.24) is 9.97 Å². The maximum absolute atomic E-state index is 4.64. The van der Waals surface area contributed by atoms with Gasteiger partial charge in [-0.3, -0.25) is 5.43 Å². The Morgan fingerprint density at radius 2 is 2.04 bits per heavy atom. The van der Waals surface area contributed by atoms with Crippen molar-refractivity contribution in [2.45, 2.75) is 13.8 Å². The van der Waals surface area contributed by atoms with Gasteiger partial charge in [-0.15, -0.1) is 11.3 Å². The number of nitrogens with zero attached hydrogens (tertiary/aromatic N) is 2. The van der Waals surface area contributed by atoms with Gasteiger partial charge in [-0.05, 0) is 25.5 Å². The molecule has 0 radical (unpaired) electrons. The number of nitrogens with one attached hydrogen (secondary N) is 2. The molecule has 0 fully saturated rings. The third kappa shape index (κ3) is 3.19. The van der Waals surface area contributed by atoms with E-state index < -0.39 is 0 Å². The van der Waals surface area contributed by atoms with Crippen molar-refractivity contribution < 1.29 is 0 Å². The number of hydrogen-bond acceptors (Lipinski definition) is 4. The van der Waals surface area contributed by atoms with Crippen molar-refractivity contribution in [2.24, 2.45) is 5.10 Å². The summed E-state index contributed by atoms with van der Waals surface area (Å²) >= 11 is 1.55. The first kappa shape index (κ1) is 15.6. The molecule has 124 valence electrons. The van der Waals surface area contributed by atoms with Crippen molar-refractivity contribution in [1.29, 1.82) is 0 Å². The molecule has 0 aliphatic heterocycles. The first-order chi connectivity index (χ1) is 12.2. The minimum absolute atomic E-state index is 0.783. The van der Waals surface area contributed by atoms with Crippen molar-refractivity contribution in [3.8, 4) is 11.3 Å². The summed E-state index contributed by atoms with van der Waals surface area (Å²) in [7, 11) is 0. The number of hydrazone groups is 1. The number of para-hydroxylation sites is 1. The van der Waals surface area contributed by atoms with Crippen LogP contribution in [0.1, 0.15) is 16.7 Å². The Morgan fingerprint density at radius 1 is 1.16 bits per heavy atom. The van der Waals surface area contributed by atoms with Crippen LogP contribution in [0.15, 0.2) is 59.1 Å². The highest BCUT2D eigenvalue weighted by atomic mass is 32.1. The van der Waals surface area contributed by atoms with Crippen LogP contribution < -0.4 is 5.43 Å². The molecule has 0 saturated heterocycles. The second-order valence-corrected chi connectivity index (χ2v) is 6.87. The molecule has 2 aromatic heterocycles. The summed E-state index contributed by atoms with van der Waals surface area (Å²) < 4.78 is 0. The van der Waals surface area contributed by atoms with Gasteiger partial charge >= 0.3 is 0 Å². The summed E-state index contributed by atoms with van der Waals surface area (Å²) in [6, 6.07) is 14.6. The minimum Gasteiger partial charge on any atom is -0.361 e. The fourth-order valence-corrected chi connectivity index (χ4v) is 3.57. The van der Waals surface area contributed by atoms with Crippen LogP contribution in [0.4, 0.5) is 5.13 Å². The SMILES string of the molecule is Cc1ccc(-c2csc(N/N=C\c3c[nH]c4ccccc34)n2)c(C)c1. The number of aryl methyl sites for hydroxylation is 2. The number of thiazole rings is 1. The highest BCUT2D eigenvalue weighted by Crippen LogP contribution is 2.28. The normalized spacial score (nSPS) is 11.4. The van der Waals surface area contributed by atoms with Gasteiger partial charge < -0.3 is 4.98 Å². The number of hydrogen-bond donors (Lipinski definition) is 2. The summed E-state index contributed by atoms with van der Waals surface area (Å²) in [6.07, 6.45) is 3.77. The Bertz CT molecular complexity index is 1060. The van der Waals surface area contributed by atoms with Crippen LogP contribution in [-0.2, 0) is 0 Å². The van der Waals surface area contributed by atoms with Crippen LogP contribution in [0.25, 0.3) is 22.2 Å². The molecule has 25 heavy (non-hydrogen) atoms. The minimum atomic E-state index is 0.783. The highest BCUT2D eigenvalue weighted by Gasteiger charge is 2.07. The molecular formula is C20H18N4S. The first-order valence-electron chi connectivity index (χ1n) is 8.09. The lowest BCUT2D eigenvalue weighted by molar-refractivity contribution is 1.28. The summed E-state index contributed by atoms with van der Waals surface area (Å²) in [5.41, 5.74) is 9.83. The number of anilines is 1. The van der Waals surface area contributed by atoms with E-state index in [2.05, 4.69) is 70.1 Å². The Morgan fingerprint density at radius 3 is 2.92 bits per heavy atom. The van der Waals surface area contributed by atoms with Crippen molar-refractivity contribution in [3.63, 3.8) is 0 Å². The maximum atomic E-state index is 4.64. The lowest BCUT2D eigenvalue weighted by Gasteiger charge is -2.03. The van der Waals surface area contributed by atoms with Gasteiger partial charge in [0.2, 0.25) is 5.13 Å². The van der Waals surface area contributed by atoms with Crippen LogP contribution in [0.5, 0.6) is 0 Å². The van der Waals surface area contributed by atoms with E-state index in [9.17, 15) is 0 Å². The van der Waals surface area contributed by atoms with Crippen LogP contribution in [-0.4, -0.2) is 16.2 Å². The summed E-state index contributed by atoms with van der Waals surface area (Å²) in [4.78, 5) is 7.88. The Hall–Kier alpha value is -2.92. The van der Waals surface area contributed by atoms with Crippen molar-refractivity contribution in [3.05, 3.63) is 70.7 Å². The molecular weight excluding hydrogens is 328 g/mol. The number of benzene rings is 2. The monoisotopic (exact) mass is 346 g/mol. The zero-order valence-electron chi connectivity index (χ0n) is 14.1. The third-order valence-electron chi connectivity index (χ3n) is 4.15. The Kier molecular flexibility index (Phi) is 4.07. The van der Waals surface area contributed by atoms with Gasteiger partial charge in [0.05, 0.1) is 11.9 Å². The first-order valence-corrected chi connectivity index (χ1v) is 8.97. The molecule has 2 aromatic carbocycles. The number of aromatic nitrogens is 2. The van der Waals surface area contributed by atoms with Crippen LogP contribution >= 0.6 is 11.3 Å². The predicted molar refractivity (Wildman–Crippen MR) is 107 cm³/mol. The predicted octanol–water partition coefficient (Wildman–Crippen LogP) is 5.35. The van der Waals surface area contributed by atoms with Gasteiger partial charge in [-0.1, -0.05) is 42.0 Å². The van der Waals surface area contributed by atoms with Crippen LogP contribution in [0.3, 0.4) is 0 Å². The second-order valence-electron chi connectivity index (χ2n) is 6.02. The van der Waals surface area contributed by atoms with E-state index in [0.29, 0.717) is 0 Å². The quantitative estimate of drug-likeness (QED) is 0.386. The lowest BCUT2D eigenvalue weighted by atomic mass is 10.0. The number of H-pyrrole nitrogens is 1. The van der Waals surface area contributed by atoms with Crippen LogP contribution in [0.2, 0.25) is 0 Å². The molecule has 0 saturated carbocycles. The standard InChI is InChI=1S/C20H18N4S/c1-13-7-8-16(14(2)9-13)19-12-25-20(23-19)24-22-11-15-10-21-18-6-4-3-5-17(15)18/h3-12,21H,1-2H3,(H,23,24)/b22-11-. The molecule has 4 aromatic rings. The van der Waals surface area contributed by atoms with Gasteiger partial charge in [0.1, 0.15) is 0 Å². The summed E-state index contributed by atoms with van der Waals surface area (Å²) in [5, 5.41) is 8.33. The number of aromatic amines is 1. The van der Waals surface area contributed by atoms with E-state index in [-0.39, 0.29) is 0 Å². The van der Waals surface area contributed by atoms with Crippen LogP contribution in [0, 0.1) is 13.8 Å². The zero-order chi connectivity index (χ0) is 17.2. The van der Waals surface area contributed by atoms with Gasteiger partial charge in [0.25, 0.3) is 0 Å². The lowest BCUT2D eigenvalue weighted by Crippen LogP contribution is -1.90. The largest absolute Gasteiger partial charge is 0.361 e. The molecule has 0 aliphatic rings. The molecule has 2 heterocycles. The van der Waals surface area contributed by atoms with Gasteiger partial charge in [0, 0.05) is 33.6 Å². The van der Waals surface area contributed by atoms with E-state index in [0.717, 1.165) is 32.9 Å². The van der Waals surface area contributed by atoms with E-state index in [1.165, 1.54) is 11.1 Å². The molecule has 4 rings (SSSR count). The zero-order valence-corrected chi connectivity index (χ0v) is 14.9. The third-order valence-corrected chi connectivity index (χ3v) is 4.89. The average molecular weight is 346 g/mol. The summed E-state index contributed by atoms with van der Waals surface area (Å²) in [6.45, 7) is 4.22. The number of rotatable bonds is 4. The molecule has 0 atom stereocenters. The second kappa shape index (κ2) is 6.53. The number of fused-ring (bicyclic) bond motifs is 1. The molecule has 0 amide bonds. The Balaban J connectivity index is 1.51. The smallest absolute Gasteiger partial charge is 0.203 e. The topological polar surface area (TPSA) is 53.1 Å². The average Bonchev–Trinajstić information content (AvgIpc) is 3.23. The van der Waals surface area contributed by atoms with E-state index in [1.807, 2.05) is 24.5 Å². The molecule has 0 unspecified atom stereocenters. The maximum Gasteiger partial charge on any atom is 0.203 e. The molecule has 0 aliphatic carbocycles. The highest BCUT2D eigenvalue weighted by molar-refractivity contribution is 7.14. The fourth-order valence-electron chi connectivity index (χ4n) is 2.91. The van der Waals surface area contributed by atoms with Crippen molar-refractivity contribution >= 4 is 33.6 Å². The Labute approximate surface area is 150 Å². The summed E-state index contributed by atoms with van der Waals surface area (Å²) in [5.74, 6) is 0. The van der Waals surface area contributed by atoms with Gasteiger partial charge in [-0.25, -0.2) is 4.98 Å². The van der Waals surface area contributed by atoms with Gasteiger partial charge in [0.15, 0.2) is 0 Å². The van der Waals surface area contributed by atoms with Gasteiger partial charge in [-0.2, -0.15) is 5.10 Å². The molecule has 5 heteroatoms. The van der Waals surface area contributed by atoms with E-state index >= 15 is 0 Å². The van der Waals surface area contributed by atoms with E-state index in [4.69, 9.17) is 0 Å².